The average Bonchev–Trinajstić information content (AvgIpc) is 2.92. The molecule has 5 heteroatoms. The summed E-state index contributed by atoms with van der Waals surface area (Å²) >= 11 is 0. The normalized spacial score (nSPS) is 14.8. The molecule has 0 radical (unpaired) electrons. The van der Waals surface area contributed by atoms with Crippen molar-refractivity contribution >= 4 is 17.4 Å². The van der Waals surface area contributed by atoms with E-state index >= 15 is 0 Å². The second-order valence-electron chi connectivity index (χ2n) is 6.92. The van der Waals surface area contributed by atoms with E-state index in [0.717, 1.165) is 37.4 Å². The molecule has 1 aliphatic heterocycles. The monoisotopic (exact) mass is 353 g/mol. The Morgan fingerprint density at radius 3 is 2.58 bits per heavy atom. The van der Waals surface area contributed by atoms with Crippen molar-refractivity contribution in [3.8, 4) is 5.75 Å². The maximum absolute atomic E-state index is 12.8. The molecule has 1 fully saturated rings. The van der Waals surface area contributed by atoms with Crippen LogP contribution in [0, 0.1) is 0 Å². The summed E-state index contributed by atoms with van der Waals surface area (Å²) in [5.74, 6) is 1.50. The topological polar surface area (TPSA) is 54.5 Å². The minimum atomic E-state index is 0.0851. The number of nitrogens with zero attached hydrogens (tertiary/aromatic N) is 2. The molecule has 1 aliphatic rings. The van der Waals surface area contributed by atoms with Crippen LogP contribution in [0.3, 0.4) is 0 Å². The minimum Gasteiger partial charge on any atom is -0.489 e. The molecule has 1 saturated heterocycles. The van der Waals surface area contributed by atoms with Crippen LogP contribution in [-0.4, -0.2) is 35.0 Å². The van der Waals surface area contributed by atoms with E-state index in [2.05, 4.69) is 10.3 Å². The molecule has 3 rings (SSSR count). The van der Waals surface area contributed by atoms with Crippen molar-refractivity contribution < 1.29 is 9.53 Å². The molecule has 1 aromatic carbocycles. The van der Waals surface area contributed by atoms with Crippen LogP contribution < -0.4 is 10.1 Å². The fourth-order valence-electron chi connectivity index (χ4n) is 3.15. The van der Waals surface area contributed by atoms with Gasteiger partial charge in [-0.05, 0) is 51.0 Å². The number of amides is 1. The van der Waals surface area contributed by atoms with Gasteiger partial charge in [0.15, 0.2) is 0 Å². The molecule has 138 valence electrons. The molecule has 1 N–H and O–H groups in total. The van der Waals surface area contributed by atoms with Crippen LogP contribution in [-0.2, 0) is 0 Å². The predicted octanol–water partition coefficient (Wildman–Crippen LogP) is 4.63. The van der Waals surface area contributed by atoms with Gasteiger partial charge in [-0.25, -0.2) is 4.98 Å². The van der Waals surface area contributed by atoms with Gasteiger partial charge in [-0.3, -0.25) is 4.79 Å². The third kappa shape index (κ3) is 4.75. The molecule has 26 heavy (non-hydrogen) atoms. The van der Waals surface area contributed by atoms with Gasteiger partial charge >= 0.3 is 0 Å². The van der Waals surface area contributed by atoms with Crippen molar-refractivity contribution in [3.63, 3.8) is 0 Å². The second kappa shape index (κ2) is 8.70. The molecule has 2 heterocycles. The Hall–Kier alpha value is -2.56. The van der Waals surface area contributed by atoms with Crippen molar-refractivity contribution in [1.82, 2.24) is 9.88 Å². The number of carbonyl (C=O) groups is 1. The summed E-state index contributed by atoms with van der Waals surface area (Å²) in [6.07, 6.45) is 6.35. The van der Waals surface area contributed by atoms with E-state index in [1.807, 2.05) is 49.1 Å². The lowest BCUT2D eigenvalue weighted by atomic mass is 10.2. The van der Waals surface area contributed by atoms with E-state index in [1.54, 1.807) is 12.3 Å². The number of pyridine rings is 1. The van der Waals surface area contributed by atoms with Crippen molar-refractivity contribution in [1.29, 1.82) is 0 Å². The zero-order valence-electron chi connectivity index (χ0n) is 15.6. The zero-order valence-corrected chi connectivity index (χ0v) is 15.6. The van der Waals surface area contributed by atoms with Crippen LogP contribution in [0.15, 0.2) is 42.6 Å². The third-order valence-electron chi connectivity index (χ3n) is 4.41. The number of anilines is 2. The van der Waals surface area contributed by atoms with Crippen LogP contribution >= 0.6 is 0 Å². The number of hydrogen-bond acceptors (Lipinski definition) is 4. The summed E-state index contributed by atoms with van der Waals surface area (Å²) in [6.45, 7) is 5.68. The van der Waals surface area contributed by atoms with Gasteiger partial charge in [0.2, 0.25) is 0 Å². The molecule has 5 nitrogen and oxygen atoms in total. The van der Waals surface area contributed by atoms with Crippen LogP contribution in [0.1, 0.15) is 49.9 Å². The summed E-state index contributed by atoms with van der Waals surface area (Å²) < 4.78 is 5.84. The number of rotatable bonds is 5. The van der Waals surface area contributed by atoms with Crippen LogP contribution in [0.5, 0.6) is 5.75 Å². The first kappa shape index (κ1) is 18.2. The lowest BCUT2D eigenvalue weighted by molar-refractivity contribution is 0.0761. The first-order valence-electron chi connectivity index (χ1n) is 9.41. The Morgan fingerprint density at radius 1 is 1.12 bits per heavy atom. The summed E-state index contributed by atoms with van der Waals surface area (Å²) in [5, 5.41) is 3.28. The summed E-state index contributed by atoms with van der Waals surface area (Å²) in [6, 6.07) is 11.4. The van der Waals surface area contributed by atoms with E-state index in [0.29, 0.717) is 11.4 Å². The summed E-state index contributed by atoms with van der Waals surface area (Å²) in [5.41, 5.74) is 1.51. The number of hydrogen-bond donors (Lipinski definition) is 1. The first-order valence-corrected chi connectivity index (χ1v) is 9.41. The molecular weight excluding hydrogens is 326 g/mol. The van der Waals surface area contributed by atoms with E-state index in [4.69, 9.17) is 4.74 Å². The molecule has 1 aromatic heterocycles. The van der Waals surface area contributed by atoms with Gasteiger partial charge in [0, 0.05) is 24.8 Å². The Kier molecular flexibility index (Phi) is 6.10. The van der Waals surface area contributed by atoms with Crippen LogP contribution in [0.4, 0.5) is 11.5 Å². The summed E-state index contributed by atoms with van der Waals surface area (Å²) in [7, 11) is 0. The molecule has 1 amide bonds. The van der Waals surface area contributed by atoms with E-state index in [-0.39, 0.29) is 12.0 Å². The lowest BCUT2D eigenvalue weighted by Gasteiger charge is -2.20. The maximum Gasteiger partial charge on any atom is 0.254 e. The number of nitrogens with one attached hydrogen (secondary N) is 1. The fraction of sp³-hybridized carbons (Fsp3) is 0.429. The standard InChI is InChI=1S/C21H27N3O2/c1-16(2)26-19-10-6-5-9-18(19)23-20-15-17(11-12-22-20)21(25)24-13-7-3-4-8-14-24/h5-6,9-12,15-16H,3-4,7-8,13-14H2,1-2H3,(H,22,23). The number of aromatic nitrogens is 1. The zero-order chi connectivity index (χ0) is 18.4. The van der Waals surface area contributed by atoms with E-state index in [1.165, 1.54) is 12.8 Å². The van der Waals surface area contributed by atoms with Crippen molar-refractivity contribution in [2.45, 2.75) is 45.6 Å². The number of para-hydroxylation sites is 2. The molecule has 0 bridgehead atoms. The van der Waals surface area contributed by atoms with E-state index < -0.39 is 0 Å². The number of likely N-dealkylation sites (tertiary alicyclic amines) is 1. The molecule has 0 atom stereocenters. The van der Waals surface area contributed by atoms with Crippen LogP contribution in [0.25, 0.3) is 0 Å². The largest absolute Gasteiger partial charge is 0.489 e. The smallest absolute Gasteiger partial charge is 0.254 e. The molecule has 0 saturated carbocycles. The highest BCUT2D eigenvalue weighted by Crippen LogP contribution is 2.28. The predicted molar refractivity (Wildman–Crippen MR) is 104 cm³/mol. The highest BCUT2D eigenvalue weighted by molar-refractivity contribution is 5.95. The van der Waals surface area contributed by atoms with Crippen LogP contribution in [0.2, 0.25) is 0 Å². The van der Waals surface area contributed by atoms with Crippen molar-refractivity contribution in [3.05, 3.63) is 48.2 Å². The Labute approximate surface area is 155 Å². The maximum atomic E-state index is 12.8. The summed E-state index contributed by atoms with van der Waals surface area (Å²) in [4.78, 5) is 19.1. The van der Waals surface area contributed by atoms with Gasteiger partial charge in [0.05, 0.1) is 11.8 Å². The van der Waals surface area contributed by atoms with Crippen molar-refractivity contribution in [2.24, 2.45) is 0 Å². The molecule has 0 aliphatic carbocycles. The quantitative estimate of drug-likeness (QED) is 0.851. The SMILES string of the molecule is CC(C)Oc1ccccc1Nc1cc(C(=O)N2CCCCCC2)ccn1. The van der Waals surface area contributed by atoms with Gasteiger partial charge < -0.3 is 15.0 Å². The van der Waals surface area contributed by atoms with Crippen molar-refractivity contribution in [2.75, 3.05) is 18.4 Å². The Balaban J connectivity index is 1.76. The van der Waals surface area contributed by atoms with Gasteiger partial charge in [0.25, 0.3) is 5.91 Å². The minimum absolute atomic E-state index is 0.0851. The average molecular weight is 353 g/mol. The third-order valence-corrected chi connectivity index (χ3v) is 4.41. The van der Waals surface area contributed by atoms with Gasteiger partial charge in [-0.15, -0.1) is 0 Å². The highest BCUT2D eigenvalue weighted by Gasteiger charge is 2.18. The molecular formula is C21H27N3O2. The highest BCUT2D eigenvalue weighted by atomic mass is 16.5. The first-order chi connectivity index (χ1) is 12.6. The second-order valence-corrected chi connectivity index (χ2v) is 6.92. The molecule has 0 unspecified atom stereocenters. The molecule has 0 spiro atoms. The number of ether oxygens (including phenoxy) is 1. The van der Waals surface area contributed by atoms with E-state index in [9.17, 15) is 4.79 Å². The van der Waals surface area contributed by atoms with Gasteiger partial charge in [-0.2, -0.15) is 0 Å². The van der Waals surface area contributed by atoms with Gasteiger partial charge in [0.1, 0.15) is 11.6 Å². The Morgan fingerprint density at radius 2 is 1.85 bits per heavy atom. The number of carbonyl (C=O) groups excluding carboxylic acids is 1. The molecule has 2 aromatic rings. The lowest BCUT2D eigenvalue weighted by Crippen LogP contribution is -2.31. The fourth-order valence-corrected chi connectivity index (χ4v) is 3.15. The Bertz CT molecular complexity index is 738. The van der Waals surface area contributed by atoms with Gasteiger partial charge in [-0.1, -0.05) is 25.0 Å². The number of benzene rings is 1.